The van der Waals surface area contributed by atoms with Crippen molar-refractivity contribution >= 4 is 35.6 Å². The highest BCUT2D eigenvalue weighted by atomic mass is 16.4. The first-order chi connectivity index (χ1) is 21.8. The van der Waals surface area contributed by atoms with E-state index in [9.17, 15) is 44.1 Å². The molecule has 0 radical (unpaired) electrons. The summed E-state index contributed by atoms with van der Waals surface area (Å²) in [7, 11) is 0. The fourth-order valence-electron chi connectivity index (χ4n) is 5.04. The number of amides is 3. The number of carboxylic acid groups (broad SMARTS) is 3. The van der Waals surface area contributed by atoms with E-state index in [4.69, 9.17) is 17.2 Å². The molecule has 0 aromatic rings. The van der Waals surface area contributed by atoms with Gasteiger partial charge in [-0.05, 0) is 51.6 Å². The highest BCUT2D eigenvalue weighted by molar-refractivity contribution is 5.91. The maximum atomic E-state index is 13.3. The summed E-state index contributed by atoms with van der Waals surface area (Å²) in [6.45, 7) is 1.76. The predicted octanol–water partition coefficient (Wildman–Crippen LogP) is -3.83. The Hall–Kier alpha value is -3.42. The van der Waals surface area contributed by atoms with Gasteiger partial charge >= 0.3 is 17.9 Å². The summed E-state index contributed by atoms with van der Waals surface area (Å²) in [6.07, 6.45) is 2.97. The summed E-state index contributed by atoms with van der Waals surface area (Å²) in [5, 5.41) is 33.5. The first kappa shape index (κ1) is 40.6. The van der Waals surface area contributed by atoms with E-state index in [2.05, 4.69) is 10.6 Å². The Morgan fingerprint density at radius 3 is 1.22 bits per heavy atom. The average molecular weight is 660 g/mol. The third-order valence-corrected chi connectivity index (χ3v) is 7.58. The molecular formula is C28H53N9O9. The summed E-state index contributed by atoms with van der Waals surface area (Å²) < 4.78 is 0. The van der Waals surface area contributed by atoms with Crippen LogP contribution >= 0.6 is 0 Å². The van der Waals surface area contributed by atoms with Crippen molar-refractivity contribution in [3.8, 4) is 0 Å². The lowest BCUT2D eigenvalue weighted by Crippen LogP contribution is -2.55. The normalized spacial score (nSPS) is 17.6. The van der Waals surface area contributed by atoms with Crippen LogP contribution in [-0.4, -0.2) is 174 Å². The molecule has 264 valence electrons. The Morgan fingerprint density at radius 2 is 0.891 bits per heavy atom. The molecule has 46 heavy (non-hydrogen) atoms. The van der Waals surface area contributed by atoms with Crippen LogP contribution in [0.4, 0.5) is 0 Å². The van der Waals surface area contributed by atoms with Gasteiger partial charge in [-0.3, -0.25) is 48.4 Å². The molecule has 1 aliphatic heterocycles. The van der Waals surface area contributed by atoms with E-state index in [0.29, 0.717) is 45.2 Å². The molecule has 0 bridgehead atoms. The molecule has 3 amide bonds. The average Bonchev–Trinajstić information content (AvgIpc) is 2.96. The van der Waals surface area contributed by atoms with Gasteiger partial charge in [-0.15, -0.1) is 0 Å². The van der Waals surface area contributed by atoms with Crippen molar-refractivity contribution in [3.05, 3.63) is 0 Å². The Labute approximate surface area is 269 Å². The van der Waals surface area contributed by atoms with Gasteiger partial charge in [0.05, 0.1) is 26.2 Å². The third kappa shape index (κ3) is 18.5. The Balaban J connectivity index is 3.08. The van der Waals surface area contributed by atoms with Crippen LogP contribution < -0.4 is 27.8 Å². The van der Waals surface area contributed by atoms with Gasteiger partial charge in [-0.1, -0.05) is 0 Å². The van der Waals surface area contributed by atoms with Crippen LogP contribution in [0.1, 0.15) is 38.5 Å². The summed E-state index contributed by atoms with van der Waals surface area (Å²) in [6, 6.07) is -1.88. The molecule has 18 heteroatoms. The lowest BCUT2D eigenvalue weighted by molar-refractivity contribution is -0.140. The summed E-state index contributed by atoms with van der Waals surface area (Å²) in [5.74, 6) is -4.90. The minimum absolute atomic E-state index is 0.163. The number of nitrogens with zero attached hydrogens (tertiary/aromatic N) is 4. The number of unbranched alkanes of at least 4 members (excludes halogenated alkanes) is 2. The standard InChI is InChI=1S/C28H53N9O9/c29-7-3-1-5-21(27(31)45)33-28(46)22(6-2-4-8-30)32-23(38)17-34-9-11-35(18-24(39)40)13-15-37(20-26(43)44)16-14-36(12-10-34)19-25(41)42/h21-22H,1-20,29-30H2,(H2,31,45)(H,32,38)(H,33,46)(H,39,40)(H,41,42)(H,43,44). The minimum Gasteiger partial charge on any atom is -0.480 e. The lowest BCUT2D eigenvalue weighted by Gasteiger charge is -2.33. The number of hydrogen-bond donors (Lipinski definition) is 8. The van der Waals surface area contributed by atoms with Gasteiger partial charge < -0.3 is 43.2 Å². The smallest absolute Gasteiger partial charge is 0.317 e. The van der Waals surface area contributed by atoms with Gasteiger partial charge in [0.2, 0.25) is 17.7 Å². The largest absolute Gasteiger partial charge is 0.480 e. The quantitative estimate of drug-likeness (QED) is 0.0581. The number of primary amides is 1. The van der Waals surface area contributed by atoms with E-state index in [0.717, 1.165) is 0 Å². The van der Waals surface area contributed by atoms with Crippen molar-refractivity contribution in [1.29, 1.82) is 0 Å². The molecule has 1 heterocycles. The third-order valence-electron chi connectivity index (χ3n) is 7.58. The number of carbonyl (C=O) groups is 6. The molecule has 1 fully saturated rings. The maximum Gasteiger partial charge on any atom is 0.317 e. The van der Waals surface area contributed by atoms with Gasteiger partial charge in [0, 0.05) is 52.4 Å². The minimum atomic E-state index is -1.06. The predicted molar refractivity (Wildman–Crippen MR) is 168 cm³/mol. The number of rotatable bonds is 20. The zero-order chi connectivity index (χ0) is 34.5. The molecule has 0 saturated carbocycles. The molecule has 2 unspecified atom stereocenters. The fourth-order valence-corrected chi connectivity index (χ4v) is 5.04. The molecule has 1 saturated heterocycles. The van der Waals surface area contributed by atoms with Crippen molar-refractivity contribution < 1.29 is 44.1 Å². The van der Waals surface area contributed by atoms with Crippen LogP contribution in [-0.2, 0) is 28.8 Å². The van der Waals surface area contributed by atoms with E-state index < -0.39 is 47.7 Å². The molecule has 11 N–H and O–H groups in total. The molecule has 18 nitrogen and oxygen atoms in total. The van der Waals surface area contributed by atoms with Gasteiger partial charge in [-0.25, -0.2) is 0 Å². The SMILES string of the molecule is NCCCCC(NC(=O)C(CCCCN)NC(=O)CN1CCN(CC(=O)O)CCN(CC(=O)O)CCN(CC(=O)O)CC1)C(N)=O. The van der Waals surface area contributed by atoms with E-state index in [1.165, 1.54) is 0 Å². The van der Waals surface area contributed by atoms with Crippen molar-refractivity contribution in [2.45, 2.75) is 50.6 Å². The Morgan fingerprint density at radius 1 is 0.543 bits per heavy atom. The first-order valence-electron chi connectivity index (χ1n) is 15.7. The molecular weight excluding hydrogens is 606 g/mol. The first-order valence-corrected chi connectivity index (χ1v) is 15.7. The molecule has 2 atom stereocenters. The lowest BCUT2D eigenvalue weighted by atomic mass is 10.1. The second-order valence-electron chi connectivity index (χ2n) is 11.4. The van der Waals surface area contributed by atoms with Crippen LogP contribution in [0, 0.1) is 0 Å². The van der Waals surface area contributed by atoms with E-state index in [1.807, 2.05) is 0 Å². The van der Waals surface area contributed by atoms with E-state index in [1.54, 1.807) is 19.6 Å². The number of carboxylic acids is 3. The number of hydrogen-bond acceptors (Lipinski definition) is 12. The van der Waals surface area contributed by atoms with E-state index in [-0.39, 0.29) is 85.0 Å². The molecule has 1 aliphatic rings. The van der Waals surface area contributed by atoms with E-state index >= 15 is 0 Å². The van der Waals surface area contributed by atoms with Gasteiger partial charge in [0.15, 0.2) is 0 Å². The van der Waals surface area contributed by atoms with Crippen molar-refractivity contribution in [2.24, 2.45) is 17.2 Å². The zero-order valence-electron chi connectivity index (χ0n) is 26.6. The van der Waals surface area contributed by atoms with Crippen molar-refractivity contribution in [1.82, 2.24) is 30.2 Å². The second kappa shape index (κ2) is 23.0. The van der Waals surface area contributed by atoms with Gasteiger partial charge in [-0.2, -0.15) is 0 Å². The van der Waals surface area contributed by atoms with Crippen molar-refractivity contribution in [2.75, 3.05) is 91.6 Å². The van der Waals surface area contributed by atoms with Gasteiger partial charge in [0.25, 0.3) is 0 Å². The van der Waals surface area contributed by atoms with Crippen LogP contribution in [0.3, 0.4) is 0 Å². The van der Waals surface area contributed by atoms with Crippen LogP contribution in [0.25, 0.3) is 0 Å². The number of aliphatic carboxylic acids is 3. The summed E-state index contributed by atoms with van der Waals surface area (Å²) in [5.41, 5.74) is 16.6. The monoisotopic (exact) mass is 659 g/mol. The van der Waals surface area contributed by atoms with Crippen LogP contribution in [0.15, 0.2) is 0 Å². The Bertz CT molecular complexity index is 956. The molecule has 1 rings (SSSR count). The number of nitrogens with two attached hydrogens (primary N) is 3. The number of carbonyl (C=O) groups excluding carboxylic acids is 3. The number of nitrogens with one attached hydrogen (secondary N) is 2. The zero-order valence-corrected chi connectivity index (χ0v) is 26.6. The van der Waals surface area contributed by atoms with Crippen LogP contribution in [0.5, 0.6) is 0 Å². The Kier molecular flexibility index (Phi) is 20.3. The molecule has 0 aromatic carbocycles. The summed E-state index contributed by atoms with van der Waals surface area (Å²) >= 11 is 0. The molecule has 0 aromatic heterocycles. The van der Waals surface area contributed by atoms with Crippen LogP contribution in [0.2, 0.25) is 0 Å². The highest BCUT2D eigenvalue weighted by Crippen LogP contribution is 2.06. The topological polar surface area (TPSA) is 278 Å². The molecule has 0 spiro atoms. The maximum absolute atomic E-state index is 13.3. The van der Waals surface area contributed by atoms with Gasteiger partial charge in [0.1, 0.15) is 12.1 Å². The molecule has 0 aliphatic carbocycles. The van der Waals surface area contributed by atoms with Crippen molar-refractivity contribution in [3.63, 3.8) is 0 Å². The summed E-state index contributed by atoms with van der Waals surface area (Å²) in [4.78, 5) is 79.5. The fraction of sp³-hybridized carbons (Fsp3) is 0.786. The second-order valence-corrected chi connectivity index (χ2v) is 11.4. The highest BCUT2D eigenvalue weighted by Gasteiger charge is 2.27.